The van der Waals surface area contributed by atoms with Crippen LogP contribution in [0.25, 0.3) is 0 Å². The molecule has 1 aliphatic rings. The quantitative estimate of drug-likeness (QED) is 0.658. The molecule has 1 atom stereocenters. The van der Waals surface area contributed by atoms with Crippen molar-refractivity contribution >= 4 is 14.1 Å². The van der Waals surface area contributed by atoms with Crippen LogP contribution in [0.4, 0.5) is 0 Å². The van der Waals surface area contributed by atoms with E-state index in [0.29, 0.717) is 12.2 Å². The van der Waals surface area contributed by atoms with Crippen molar-refractivity contribution in [3.63, 3.8) is 0 Å². The fourth-order valence-corrected chi connectivity index (χ4v) is 5.85. The second-order valence-corrected chi connectivity index (χ2v) is 13.4. The molecule has 134 valence electrons. The lowest BCUT2D eigenvalue weighted by Gasteiger charge is -2.46. The molecule has 1 unspecified atom stereocenters. The van der Waals surface area contributed by atoms with Crippen LogP contribution in [0.3, 0.4) is 0 Å². The largest absolute Gasteiger partial charge is 0.413 e. The Kier molecular flexibility index (Phi) is 5.76. The summed E-state index contributed by atoms with van der Waals surface area (Å²) in [5, 5.41) is -0.00421. The molecule has 1 aliphatic carbocycles. The van der Waals surface area contributed by atoms with Crippen LogP contribution in [-0.2, 0) is 14.3 Å². The molecule has 0 bridgehead atoms. The average molecular weight is 347 g/mol. The highest BCUT2D eigenvalue weighted by Gasteiger charge is 2.47. The smallest absolute Gasteiger partial charge is 0.197 e. The molecule has 0 radical (unpaired) electrons. The van der Waals surface area contributed by atoms with Gasteiger partial charge in [-0.05, 0) is 31.5 Å². The van der Waals surface area contributed by atoms with E-state index in [4.69, 9.17) is 4.43 Å². The third-order valence-electron chi connectivity index (χ3n) is 6.33. The van der Waals surface area contributed by atoms with Gasteiger partial charge in [-0.3, -0.25) is 4.79 Å². The molecule has 1 fully saturated rings. The van der Waals surface area contributed by atoms with E-state index in [1.54, 1.807) is 0 Å². The minimum atomic E-state index is -2.07. The Morgan fingerprint density at radius 3 is 2.33 bits per heavy atom. The maximum Gasteiger partial charge on any atom is 0.197 e. The van der Waals surface area contributed by atoms with Gasteiger partial charge in [-0.25, -0.2) is 0 Å². The molecule has 0 saturated heterocycles. The van der Waals surface area contributed by atoms with E-state index in [2.05, 4.69) is 71.1 Å². The molecule has 2 nitrogen and oxygen atoms in total. The van der Waals surface area contributed by atoms with E-state index in [-0.39, 0.29) is 16.6 Å². The predicted molar refractivity (Wildman–Crippen MR) is 104 cm³/mol. The average Bonchev–Trinajstić information content (AvgIpc) is 2.52. The first-order valence-corrected chi connectivity index (χ1v) is 12.3. The van der Waals surface area contributed by atoms with Crippen molar-refractivity contribution in [2.45, 2.75) is 84.0 Å². The number of rotatable bonds is 4. The van der Waals surface area contributed by atoms with E-state index in [1.165, 1.54) is 5.56 Å². The second kappa shape index (κ2) is 7.13. The molecular weight excluding hydrogens is 312 g/mol. The first kappa shape index (κ1) is 19.4. The first-order chi connectivity index (χ1) is 11.1. The monoisotopic (exact) mass is 346 g/mol. The Labute approximate surface area is 149 Å². The summed E-state index contributed by atoms with van der Waals surface area (Å²) in [6, 6.07) is 10.7. The third-order valence-corrected chi connectivity index (χ3v) is 10.5. The summed E-state index contributed by atoms with van der Waals surface area (Å²) >= 11 is 0. The molecule has 1 saturated carbocycles. The molecule has 1 aromatic carbocycles. The number of benzene rings is 1. The Bertz CT molecular complexity index is 560. The van der Waals surface area contributed by atoms with Gasteiger partial charge in [-0.15, -0.1) is 0 Å². The zero-order chi connectivity index (χ0) is 18.0. The highest BCUT2D eigenvalue weighted by atomic mass is 28.4. The van der Waals surface area contributed by atoms with Gasteiger partial charge in [0.1, 0.15) is 5.78 Å². The number of ketones is 1. The van der Waals surface area contributed by atoms with Gasteiger partial charge >= 0.3 is 0 Å². The maximum absolute atomic E-state index is 12.6. The molecule has 0 spiro atoms. The molecular formula is C21H34O2Si. The van der Waals surface area contributed by atoms with E-state index in [0.717, 1.165) is 25.7 Å². The standard InChI is InChI=1S/C21H34O2Si/c1-20(2)18(22)15-11-8-12-16-19(20)23-24(5,6)21(3,4)17-13-9-7-10-14-17/h7,9-10,13-14,19H,8,11-12,15-16H2,1-6H3. The van der Waals surface area contributed by atoms with Crippen LogP contribution in [0.15, 0.2) is 30.3 Å². The summed E-state index contributed by atoms with van der Waals surface area (Å²) in [6.07, 6.45) is 5.08. The highest BCUT2D eigenvalue weighted by molar-refractivity contribution is 6.74. The Balaban J connectivity index is 2.27. The third kappa shape index (κ3) is 3.83. The zero-order valence-electron chi connectivity index (χ0n) is 16.3. The first-order valence-electron chi connectivity index (χ1n) is 9.36. The Morgan fingerprint density at radius 1 is 1.08 bits per heavy atom. The minimum Gasteiger partial charge on any atom is -0.413 e. The van der Waals surface area contributed by atoms with E-state index < -0.39 is 8.32 Å². The van der Waals surface area contributed by atoms with Crippen LogP contribution in [-0.4, -0.2) is 20.2 Å². The molecule has 1 aromatic rings. The van der Waals surface area contributed by atoms with Crippen molar-refractivity contribution in [1.29, 1.82) is 0 Å². The number of hydrogen-bond donors (Lipinski definition) is 0. The molecule has 0 N–H and O–H groups in total. The second-order valence-electron chi connectivity index (χ2n) is 8.85. The van der Waals surface area contributed by atoms with Gasteiger partial charge in [0, 0.05) is 16.9 Å². The fourth-order valence-electron chi connectivity index (χ4n) is 3.57. The van der Waals surface area contributed by atoms with Crippen molar-refractivity contribution < 1.29 is 9.22 Å². The molecule has 0 aliphatic heterocycles. The maximum atomic E-state index is 12.6. The fraction of sp³-hybridized carbons (Fsp3) is 0.667. The van der Waals surface area contributed by atoms with Crippen molar-refractivity contribution in [2.75, 3.05) is 0 Å². The van der Waals surface area contributed by atoms with E-state index >= 15 is 0 Å². The number of carbonyl (C=O) groups excluding carboxylic acids is 1. The van der Waals surface area contributed by atoms with Crippen LogP contribution >= 0.6 is 0 Å². The van der Waals surface area contributed by atoms with Crippen LogP contribution in [0.2, 0.25) is 13.1 Å². The number of hydrogen-bond acceptors (Lipinski definition) is 2. The molecule has 24 heavy (non-hydrogen) atoms. The molecule has 0 aromatic heterocycles. The topological polar surface area (TPSA) is 26.3 Å². The lowest BCUT2D eigenvalue weighted by atomic mass is 9.76. The summed E-state index contributed by atoms with van der Waals surface area (Å²) in [5.74, 6) is 0.370. The van der Waals surface area contributed by atoms with Crippen molar-refractivity contribution in [2.24, 2.45) is 5.41 Å². The lowest BCUT2D eigenvalue weighted by Crippen LogP contribution is -2.55. The lowest BCUT2D eigenvalue weighted by molar-refractivity contribution is -0.133. The van der Waals surface area contributed by atoms with Gasteiger partial charge in [0.25, 0.3) is 0 Å². The predicted octanol–water partition coefficient (Wildman–Crippen LogP) is 5.65. The number of Topliss-reactive ketones (excluding diaryl/α,β-unsaturated/α-hetero) is 1. The summed E-state index contributed by atoms with van der Waals surface area (Å²) in [6.45, 7) is 13.4. The van der Waals surface area contributed by atoms with E-state index in [1.807, 2.05) is 0 Å². The minimum absolute atomic E-state index is 0.00421. The van der Waals surface area contributed by atoms with Gasteiger partial charge in [-0.2, -0.15) is 0 Å². The summed E-state index contributed by atoms with van der Waals surface area (Å²) in [4.78, 5) is 12.6. The highest BCUT2D eigenvalue weighted by Crippen LogP contribution is 2.40. The van der Waals surface area contributed by atoms with Crippen LogP contribution in [0, 0.1) is 5.41 Å². The molecule has 0 amide bonds. The van der Waals surface area contributed by atoms with Gasteiger partial charge in [0.05, 0.1) is 6.10 Å². The molecule has 2 rings (SSSR count). The van der Waals surface area contributed by atoms with Gasteiger partial charge < -0.3 is 4.43 Å². The van der Waals surface area contributed by atoms with Gasteiger partial charge in [0.15, 0.2) is 8.32 Å². The SMILES string of the molecule is CC1(C)C(=O)CCCCCC1O[Si](C)(C)C(C)(C)c1ccccc1. The van der Waals surface area contributed by atoms with Crippen LogP contribution in [0.5, 0.6) is 0 Å². The normalized spacial score (nSPS) is 22.8. The van der Waals surface area contributed by atoms with Gasteiger partial charge in [0.2, 0.25) is 0 Å². The van der Waals surface area contributed by atoms with Crippen LogP contribution in [0.1, 0.15) is 65.4 Å². The zero-order valence-corrected chi connectivity index (χ0v) is 17.3. The summed E-state index contributed by atoms with van der Waals surface area (Å²) in [5.41, 5.74) is 0.953. The number of carbonyl (C=O) groups is 1. The van der Waals surface area contributed by atoms with Crippen molar-refractivity contribution in [1.82, 2.24) is 0 Å². The summed E-state index contributed by atoms with van der Waals surface area (Å²) < 4.78 is 6.84. The Morgan fingerprint density at radius 2 is 1.71 bits per heavy atom. The van der Waals surface area contributed by atoms with Crippen molar-refractivity contribution in [3.05, 3.63) is 35.9 Å². The summed E-state index contributed by atoms with van der Waals surface area (Å²) in [7, 11) is -2.07. The Hall–Kier alpha value is -0.933. The van der Waals surface area contributed by atoms with Crippen molar-refractivity contribution in [3.8, 4) is 0 Å². The van der Waals surface area contributed by atoms with Crippen LogP contribution < -0.4 is 0 Å². The molecule has 3 heteroatoms. The van der Waals surface area contributed by atoms with Gasteiger partial charge in [-0.1, -0.05) is 70.9 Å². The van der Waals surface area contributed by atoms with E-state index in [9.17, 15) is 4.79 Å². The molecule has 0 heterocycles.